The summed E-state index contributed by atoms with van der Waals surface area (Å²) in [4.78, 5) is 0. The Morgan fingerprint density at radius 2 is 1.80 bits per heavy atom. The van der Waals surface area contributed by atoms with Gasteiger partial charge in [0.05, 0.1) is 0 Å². The molecule has 150 valence electrons. The molecule has 30 heavy (non-hydrogen) atoms. The van der Waals surface area contributed by atoms with Crippen LogP contribution in [0.3, 0.4) is 0 Å². The first-order valence-corrected chi connectivity index (χ1v) is 10.5. The molecule has 0 saturated carbocycles. The van der Waals surface area contributed by atoms with Crippen LogP contribution >= 0.6 is 0 Å². The van der Waals surface area contributed by atoms with Gasteiger partial charge in [0.15, 0.2) is 0 Å². The monoisotopic (exact) mass is 390 g/mol. The lowest BCUT2D eigenvalue weighted by Crippen LogP contribution is -1.92. The van der Waals surface area contributed by atoms with Crippen LogP contribution < -0.4 is 0 Å². The van der Waals surface area contributed by atoms with Crippen molar-refractivity contribution in [3.05, 3.63) is 137 Å². The molecular weight excluding hydrogens is 360 g/mol. The zero-order chi connectivity index (χ0) is 21.3. The Morgan fingerprint density at radius 3 is 2.53 bits per heavy atom. The Hall–Kier alpha value is -3.34. The molecule has 0 radical (unpaired) electrons. The second-order valence-corrected chi connectivity index (χ2v) is 7.69. The third kappa shape index (κ3) is 5.83. The number of hydrogen-bond acceptors (Lipinski definition) is 0. The van der Waals surface area contributed by atoms with Crippen LogP contribution in [0.1, 0.15) is 30.0 Å². The topological polar surface area (TPSA) is 0 Å². The molecule has 0 nitrogen and oxygen atoms in total. The molecule has 1 aliphatic carbocycles. The third-order valence-electron chi connectivity index (χ3n) is 5.46. The lowest BCUT2D eigenvalue weighted by molar-refractivity contribution is 1.17. The van der Waals surface area contributed by atoms with Crippen molar-refractivity contribution in [3.8, 4) is 11.1 Å². The van der Waals surface area contributed by atoms with Gasteiger partial charge in [-0.3, -0.25) is 0 Å². The van der Waals surface area contributed by atoms with Crippen molar-refractivity contribution in [2.45, 2.75) is 33.6 Å². The molecule has 3 rings (SSSR count). The molecule has 0 atom stereocenters. The van der Waals surface area contributed by atoms with Crippen molar-refractivity contribution >= 4 is 0 Å². The molecule has 0 unspecified atom stereocenters. The zero-order valence-corrected chi connectivity index (χ0v) is 18.3. The standard InChI is InChI=1S/C30H30/c1-5-28(18-14-26-11-9-7-6-8-10-12-26)25(4)21-27-15-19-29(20-16-27)30-17-13-23(2)24(3)22-30/h5,7-9,11-20,22H,4,10,21H2,1-3H3. The number of benzene rings is 2. The second kappa shape index (κ2) is 10.4. The molecule has 0 spiro atoms. The molecule has 0 bridgehead atoms. The van der Waals surface area contributed by atoms with Crippen LogP contribution in [0.5, 0.6) is 0 Å². The van der Waals surface area contributed by atoms with E-state index >= 15 is 0 Å². The summed E-state index contributed by atoms with van der Waals surface area (Å²) in [6, 6.07) is 15.5. The van der Waals surface area contributed by atoms with Crippen LogP contribution in [0.25, 0.3) is 11.1 Å². The van der Waals surface area contributed by atoms with Crippen LogP contribution in [0.4, 0.5) is 0 Å². The molecule has 1 aliphatic rings. The van der Waals surface area contributed by atoms with E-state index in [-0.39, 0.29) is 0 Å². The highest BCUT2D eigenvalue weighted by molar-refractivity contribution is 5.65. The minimum Gasteiger partial charge on any atom is -0.125 e. The largest absolute Gasteiger partial charge is 0.125 e. The quantitative estimate of drug-likeness (QED) is 0.345. The van der Waals surface area contributed by atoms with E-state index in [0.717, 1.165) is 18.4 Å². The van der Waals surface area contributed by atoms with Gasteiger partial charge in [-0.2, -0.15) is 0 Å². The smallest absolute Gasteiger partial charge is 0.00258 e. The van der Waals surface area contributed by atoms with E-state index in [1.165, 1.54) is 39.0 Å². The number of allylic oxidation sites excluding steroid dienone is 10. The SMILES string of the molecule is C=C(Cc1ccc(-c2ccc(C)c(C)c2)cc1)C(C=CC1=CCC=C=CC=C1)=CC. The Kier molecular flexibility index (Phi) is 7.44. The van der Waals surface area contributed by atoms with Gasteiger partial charge in [0.25, 0.3) is 0 Å². The molecule has 0 heterocycles. The Bertz CT molecular complexity index is 1090. The van der Waals surface area contributed by atoms with Crippen LogP contribution in [-0.4, -0.2) is 0 Å². The van der Waals surface area contributed by atoms with E-state index in [0.29, 0.717) is 0 Å². The van der Waals surface area contributed by atoms with Crippen molar-refractivity contribution in [1.29, 1.82) is 0 Å². The van der Waals surface area contributed by atoms with Crippen molar-refractivity contribution in [1.82, 2.24) is 0 Å². The first-order chi connectivity index (χ1) is 14.6. The third-order valence-corrected chi connectivity index (χ3v) is 5.46. The summed E-state index contributed by atoms with van der Waals surface area (Å²) >= 11 is 0. The van der Waals surface area contributed by atoms with Gasteiger partial charge in [-0.1, -0.05) is 85.5 Å². The fraction of sp³-hybridized carbons (Fsp3) is 0.167. The van der Waals surface area contributed by atoms with E-state index in [1.54, 1.807) is 0 Å². The minimum absolute atomic E-state index is 0.845. The van der Waals surface area contributed by atoms with Gasteiger partial charge < -0.3 is 0 Å². The van der Waals surface area contributed by atoms with Gasteiger partial charge in [-0.15, -0.1) is 5.73 Å². The highest BCUT2D eigenvalue weighted by atomic mass is 14.1. The average molecular weight is 391 g/mol. The van der Waals surface area contributed by atoms with Gasteiger partial charge in [0, 0.05) is 0 Å². The van der Waals surface area contributed by atoms with E-state index in [1.807, 2.05) is 18.2 Å². The summed E-state index contributed by atoms with van der Waals surface area (Å²) in [5.41, 5.74) is 13.1. The van der Waals surface area contributed by atoms with E-state index in [2.05, 4.69) is 106 Å². The van der Waals surface area contributed by atoms with Crippen molar-refractivity contribution in [3.63, 3.8) is 0 Å². The van der Waals surface area contributed by atoms with Gasteiger partial charge in [-0.05, 0) is 90.3 Å². The predicted molar refractivity (Wildman–Crippen MR) is 132 cm³/mol. The zero-order valence-electron chi connectivity index (χ0n) is 18.3. The molecule has 0 N–H and O–H groups in total. The fourth-order valence-corrected chi connectivity index (χ4v) is 3.43. The number of hydrogen-bond donors (Lipinski definition) is 0. The van der Waals surface area contributed by atoms with E-state index in [9.17, 15) is 0 Å². The molecule has 2 aromatic carbocycles. The van der Waals surface area contributed by atoms with Crippen molar-refractivity contribution in [2.75, 3.05) is 0 Å². The summed E-state index contributed by atoms with van der Waals surface area (Å²) in [7, 11) is 0. The summed E-state index contributed by atoms with van der Waals surface area (Å²) in [6.07, 6.45) is 18.5. The first-order valence-electron chi connectivity index (χ1n) is 10.5. The van der Waals surface area contributed by atoms with Crippen LogP contribution in [-0.2, 0) is 6.42 Å². The maximum Gasteiger partial charge on any atom is -0.00258 e. The maximum atomic E-state index is 4.34. The predicted octanol–water partition coefficient (Wildman–Crippen LogP) is 8.17. The summed E-state index contributed by atoms with van der Waals surface area (Å²) in [5, 5.41) is 0. The highest BCUT2D eigenvalue weighted by Crippen LogP contribution is 2.24. The molecular formula is C30H30. The average Bonchev–Trinajstić information content (AvgIpc) is 2.72. The van der Waals surface area contributed by atoms with Crippen LogP contribution in [0, 0.1) is 13.8 Å². The van der Waals surface area contributed by atoms with Gasteiger partial charge in [0.1, 0.15) is 0 Å². The lowest BCUT2D eigenvalue weighted by Gasteiger charge is -2.10. The van der Waals surface area contributed by atoms with E-state index in [4.69, 9.17) is 0 Å². The second-order valence-electron chi connectivity index (χ2n) is 7.69. The van der Waals surface area contributed by atoms with Gasteiger partial charge in [0.2, 0.25) is 0 Å². The Morgan fingerprint density at radius 1 is 1.03 bits per heavy atom. The molecule has 2 aromatic rings. The number of rotatable bonds is 6. The Labute approximate surface area is 181 Å². The lowest BCUT2D eigenvalue weighted by atomic mass is 9.95. The first kappa shape index (κ1) is 21.4. The summed E-state index contributed by atoms with van der Waals surface area (Å²) < 4.78 is 0. The van der Waals surface area contributed by atoms with Gasteiger partial charge >= 0.3 is 0 Å². The summed E-state index contributed by atoms with van der Waals surface area (Å²) in [5.74, 6) is 0. The normalized spacial score (nSPS) is 14.0. The maximum absolute atomic E-state index is 4.34. The number of aryl methyl sites for hydroxylation is 2. The van der Waals surface area contributed by atoms with Crippen molar-refractivity contribution < 1.29 is 0 Å². The molecule has 0 amide bonds. The highest BCUT2D eigenvalue weighted by Gasteiger charge is 2.04. The molecule has 0 aromatic heterocycles. The van der Waals surface area contributed by atoms with Gasteiger partial charge in [-0.25, -0.2) is 0 Å². The minimum atomic E-state index is 0.845. The molecule has 0 fully saturated rings. The molecule has 0 saturated heterocycles. The van der Waals surface area contributed by atoms with Crippen LogP contribution in [0.2, 0.25) is 0 Å². The van der Waals surface area contributed by atoms with E-state index < -0.39 is 0 Å². The Balaban J connectivity index is 1.67. The fourth-order valence-electron chi connectivity index (χ4n) is 3.43. The van der Waals surface area contributed by atoms with Crippen LogP contribution in [0.15, 0.2) is 120 Å². The summed E-state index contributed by atoms with van der Waals surface area (Å²) in [6.45, 7) is 10.7. The van der Waals surface area contributed by atoms with Crippen molar-refractivity contribution in [2.24, 2.45) is 0 Å². The molecule has 0 aliphatic heterocycles. The molecule has 0 heteroatoms.